The molecule has 0 spiro atoms. The summed E-state index contributed by atoms with van der Waals surface area (Å²) >= 11 is 1.57. The van der Waals surface area contributed by atoms with Crippen LogP contribution in [-0.4, -0.2) is 15.8 Å². The lowest BCUT2D eigenvalue weighted by Crippen LogP contribution is -2.03. The number of aromatic nitrogens is 1. The van der Waals surface area contributed by atoms with Gasteiger partial charge in [0.1, 0.15) is 0 Å². The van der Waals surface area contributed by atoms with Crippen LogP contribution in [0, 0.1) is 0 Å². The summed E-state index contributed by atoms with van der Waals surface area (Å²) in [6.07, 6.45) is 1.59. The minimum absolute atomic E-state index is 0.219. The van der Waals surface area contributed by atoms with Crippen molar-refractivity contribution < 1.29 is 5.11 Å². The van der Waals surface area contributed by atoms with Gasteiger partial charge < -0.3 is 10.1 Å². The summed E-state index contributed by atoms with van der Waals surface area (Å²) in [6, 6.07) is 1.47. The van der Waals surface area contributed by atoms with Gasteiger partial charge in [-0.15, -0.1) is 11.8 Å². The average Bonchev–Trinajstić information content (AvgIpc) is 1.98. The van der Waals surface area contributed by atoms with Gasteiger partial charge in [0.15, 0.2) is 5.75 Å². The van der Waals surface area contributed by atoms with Crippen molar-refractivity contribution in [2.75, 3.05) is 5.75 Å². The summed E-state index contributed by atoms with van der Waals surface area (Å²) in [5.74, 6) is 0.703. The molecule has 0 aliphatic heterocycles. The van der Waals surface area contributed by atoms with E-state index in [1.807, 2.05) is 6.92 Å². The van der Waals surface area contributed by atoms with Crippen LogP contribution < -0.4 is 5.56 Å². The van der Waals surface area contributed by atoms with Crippen molar-refractivity contribution in [1.29, 1.82) is 0 Å². The van der Waals surface area contributed by atoms with E-state index in [1.54, 1.807) is 18.0 Å². The predicted octanol–water partition coefficient (Wildman–Crippen LogP) is 1.19. The Labute approximate surface area is 68.5 Å². The van der Waals surface area contributed by atoms with Crippen LogP contribution in [0.25, 0.3) is 0 Å². The molecule has 1 rings (SSSR count). The number of pyridine rings is 1. The lowest BCUT2D eigenvalue weighted by molar-refractivity contribution is 0.464. The zero-order valence-electron chi connectivity index (χ0n) is 6.13. The maximum absolute atomic E-state index is 10.7. The Morgan fingerprint density at radius 3 is 3.00 bits per heavy atom. The van der Waals surface area contributed by atoms with E-state index < -0.39 is 5.56 Å². The monoisotopic (exact) mass is 171 g/mol. The molecule has 0 aliphatic rings. The van der Waals surface area contributed by atoms with Gasteiger partial charge in [-0.1, -0.05) is 6.92 Å². The van der Waals surface area contributed by atoms with E-state index in [4.69, 9.17) is 5.11 Å². The van der Waals surface area contributed by atoms with Gasteiger partial charge in [-0.05, 0) is 5.75 Å². The molecule has 0 radical (unpaired) electrons. The fraction of sp³-hybridized carbons (Fsp3) is 0.286. The van der Waals surface area contributed by atoms with Crippen molar-refractivity contribution >= 4 is 11.8 Å². The molecule has 2 N–H and O–H groups in total. The van der Waals surface area contributed by atoms with E-state index in [-0.39, 0.29) is 5.75 Å². The molecule has 0 saturated heterocycles. The second kappa shape index (κ2) is 3.48. The largest absolute Gasteiger partial charge is 0.503 e. The zero-order chi connectivity index (χ0) is 8.27. The number of rotatable bonds is 2. The van der Waals surface area contributed by atoms with E-state index in [9.17, 15) is 4.79 Å². The second-order valence-corrected chi connectivity index (χ2v) is 3.32. The van der Waals surface area contributed by atoms with E-state index in [0.717, 1.165) is 10.6 Å². The molecule has 0 fully saturated rings. The van der Waals surface area contributed by atoms with Crippen molar-refractivity contribution in [3.8, 4) is 5.75 Å². The Hall–Kier alpha value is -0.900. The van der Waals surface area contributed by atoms with Crippen LogP contribution >= 0.6 is 11.8 Å². The Morgan fingerprint density at radius 1 is 1.73 bits per heavy atom. The molecule has 3 nitrogen and oxygen atoms in total. The fourth-order valence-corrected chi connectivity index (χ4v) is 1.37. The number of thioether (sulfide) groups is 1. The quantitative estimate of drug-likeness (QED) is 0.657. The summed E-state index contributed by atoms with van der Waals surface area (Å²) in [7, 11) is 0. The molecule has 0 bridgehead atoms. The lowest BCUT2D eigenvalue weighted by Gasteiger charge is -1.96. The van der Waals surface area contributed by atoms with Crippen LogP contribution in [0.5, 0.6) is 5.75 Å². The molecule has 0 amide bonds. The van der Waals surface area contributed by atoms with Crippen molar-refractivity contribution in [2.24, 2.45) is 0 Å². The van der Waals surface area contributed by atoms with Gasteiger partial charge in [0.05, 0.1) is 0 Å². The fourth-order valence-electron chi connectivity index (χ4n) is 0.703. The Kier molecular flexibility index (Phi) is 2.59. The Balaban J connectivity index is 2.96. The smallest absolute Gasteiger partial charge is 0.290 e. The number of nitrogens with one attached hydrogen (secondary N) is 1. The Bertz CT molecular complexity index is 295. The number of H-pyrrole nitrogens is 1. The van der Waals surface area contributed by atoms with E-state index in [2.05, 4.69) is 4.98 Å². The van der Waals surface area contributed by atoms with E-state index >= 15 is 0 Å². The van der Waals surface area contributed by atoms with Crippen LogP contribution in [0.2, 0.25) is 0 Å². The standard InChI is InChI=1S/C7H9NO2S/c1-2-11-5-3-6(9)7(10)8-4-5/h3-4,9H,2H2,1H3,(H,8,10). The number of aromatic hydroxyl groups is 1. The summed E-state index contributed by atoms with van der Waals surface area (Å²) in [6.45, 7) is 2.01. The third-order valence-corrected chi connectivity index (χ3v) is 2.03. The maximum Gasteiger partial charge on any atom is 0.290 e. The number of hydrogen-bond donors (Lipinski definition) is 2. The molecule has 0 saturated carbocycles. The molecule has 1 aromatic heterocycles. The minimum atomic E-state index is -0.439. The minimum Gasteiger partial charge on any atom is -0.503 e. The summed E-state index contributed by atoms with van der Waals surface area (Å²) in [4.78, 5) is 14.0. The molecule has 60 valence electrons. The second-order valence-electron chi connectivity index (χ2n) is 1.98. The van der Waals surface area contributed by atoms with Crippen LogP contribution in [0.1, 0.15) is 6.92 Å². The first-order valence-corrected chi connectivity index (χ1v) is 4.27. The van der Waals surface area contributed by atoms with Crippen molar-refractivity contribution in [3.05, 3.63) is 22.6 Å². The summed E-state index contributed by atoms with van der Waals surface area (Å²) in [5.41, 5.74) is -0.439. The molecular weight excluding hydrogens is 162 g/mol. The highest BCUT2D eigenvalue weighted by Crippen LogP contribution is 2.17. The van der Waals surface area contributed by atoms with Crippen molar-refractivity contribution in [1.82, 2.24) is 4.98 Å². The number of aromatic amines is 1. The van der Waals surface area contributed by atoms with Gasteiger partial charge in [-0.3, -0.25) is 4.79 Å². The SMILES string of the molecule is CCSc1c[nH]c(=O)c(O)c1. The lowest BCUT2D eigenvalue weighted by atomic mass is 10.5. The first-order valence-electron chi connectivity index (χ1n) is 3.28. The topological polar surface area (TPSA) is 53.1 Å². The third-order valence-electron chi connectivity index (χ3n) is 1.17. The Morgan fingerprint density at radius 2 is 2.45 bits per heavy atom. The maximum atomic E-state index is 10.7. The van der Waals surface area contributed by atoms with Crippen LogP contribution in [0.4, 0.5) is 0 Å². The van der Waals surface area contributed by atoms with E-state index in [0.29, 0.717) is 0 Å². The predicted molar refractivity (Wildman–Crippen MR) is 45.1 cm³/mol. The molecule has 11 heavy (non-hydrogen) atoms. The summed E-state index contributed by atoms with van der Waals surface area (Å²) in [5, 5.41) is 8.97. The molecule has 0 aliphatic carbocycles. The van der Waals surface area contributed by atoms with Crippen molar-refractivity contribution in [2.45, 2.75) is 11.8 Å². The van der Waals surface area contributed by atoms with Gasteiger partial charge >= 0.3 is 0 Å². The van der Waals surface area contributed by atoms with Gasteiger partial charge in [0.2, 0.25) is 0 Å². The molecule has 0 aromatic carbocycles. The molecule has 1 aromatic rings. The first kappa shape index (κ1) is 8.20. The normalized spacial score (nSPS) is 9.91. The van der Waals surface area contributed by atoms with Crippen LogP contribution in [0.3, 0.4) is 0 Å². The van der Waals surface area contributed by atoms with Crippen molar-refractivity contribution in [3.63, 3.8) is 0 Å². The van der Waals surface area contributed by atoms with E-state index in [1.165, 1.54) is 6.07 Å². The highest BCUT2D eigenvalue weighted by Gasteiger charge is 1.97. The highest BCUT2D eigenvalue weighted by atomic mass is 32.2. The molecule has 4 heteroatoms. The van der Waals surface area contributed by atoms with Gasteiger partial charge in [0.25, 0.3) is 5.56 Å². The average molecular weight is 171 g/mol. The molecule has 0 unspecified atom stereocenters. The highest BCUT2D eigenvalue weighted by molar-refractivity contribution is 7.99. The first-order chi connectivity index (χ1) is 5.24. The third kappa shape index (κ3) is 2.01. The van der Waals surface area contributed by atoms with Gasteiger partial charge in [0, 0.05) is 17.2 Å². The van der Waals surface area contributed by atoms with Crippen LogP contribution in [-0.2, 0) is 0 Å². The van der Waals surface area contributed by atoms with Gasteiger partial charge in [-0.25, -0.2) is 0 Å². The van der Waals surface area contributed by atoms with Crippen LogP contribution in [0.15, 0.2) is 22.0 Å². The number of hydrogen-bond acceptors (Lipinski definition) is 3. The molecule has 0 atom stereocenters. The zero-order valence-corrected chi connectivity index (χ0v) is 6.94. The molecular formula is C7H9NO2S. The van der Waals surface area contributed by atoms with Gasteiger partial charge in [-0.2, -0.15) is 0 Å². The summed E-state index contributed by atoms with van der Waals surface area (Å²) < 4.78 is 0. The molecule has 1 heterocycles.